The molecule has 0 saturated heterocycles. The van der Waals surface area contributed by atoms with Crippen LogP contribution in [0.15, 0.2) is 0 Å². The van der Waals surface area contributed by atoms with E-state index in [0.717, 1.165) is 12.5 Å². The van der Waals surface area contributed by atoms with Crippen LogP contribution in [0.5, 0.6) is 0 Å². The van der Waals surface area contributed by atoms with Crippen LogP contribution in [-0.4, -0.2) is 36.9 Å². The number of aliphatic hydroxyl groups is 1. The predicted molar refractivity (Wildman–Crippen MR) is 71.2 cm³/mol. The van der Waals surface area contributed by atoms with Crippen molar-refractivity contribution in [2.45, 2.75) is 51.6 Å². The third-order valence-corrected chi connectivity index (χ3v) is 4.07. The lowest BCUT2D eigenvalue weighted by Crippen LogP contribution is -2.46. The SMILES string of the molecule is CCC1CCC(CNCC(C)(O)C(=O)OC)CC1. The van der Waals surface area contributed by atoms with Crippen molar-refractivity contribution in [1.82, 2.24) is 5.32 Å². The van der Waals surface area contributed by atoms with Crippen LogP contribution in [0.2, 0.25) is 0 Å². The van der Waals surface area contributed by atoms with Gasteiger partial charge in [0, 0.05) is 6.54 Å². The van der Waals surface area contributed by atoms with Crippen LogP contribution < -0.4 is 5.32 Å². The summed E-state index contributed by atoms with van der Waals surface area (Å²) in [6, 6.07) is 0. The topological polar surface area (TPSA) is 58.6 Å². The van der Waals surface area contributed by atoms with Gasteiger partial charge in [-0.05, 0) is 38.1 Å². The summed E-state index contributed by atoms with van der Waals surface area (Å²) >= 11 is 0. The van der Waals surface area contributed by atoms with Gasteiger partial charge in [0.2, 0.25) is 0 Å². The third-order valence-electron chi connectivity index (χ3n) is 4.07. The number of hydrogen-bond donors (Lipinski definition) is 2. The van der Waals surface area contributed by atoms with Crippen molar-refractivity contribution >= 4 is 5.97 Å². The zero-order valence-electron chi connectivity index (χ0n) is 11.9. The molecular weight excluding hydrogens is 230 g/mol. The highest BCUT2D eigenvalue weighted by Gasteiger charge is 2.31. The number of hydrogen-bond acceptors (Lipinski definition) is 4. The van der Waals surface area contributed by atoms with Crippen LogP contribution in [0, 0.1) is 11.8 Å². The fourth-order valence-corrected chi connectivity index (χ4v) is 2.66. The number of carbonyl (C=O) groups is 1. The highest BCUT2D eigenvalue weighted by molar-refractivity contribution is 5.78. The Morgan fingerprint density at radius 3 is 2.39 bits per heavy atom. The minimum Gasteiger partial charge on any atom is -0.467 e. The molecule has 1 fully saturated rings. The van der Waals surface area contributed by atoms with Crippen LogP contribution in [0.25, 0.3) is 0 Å². The molecule has 4 nitrogen and oxygen atoms in total. The van der Waals surface area contributed by atoms with E-state index in [9.17, 15) is 9.90 Å². The molecule has 106 valence electrons. The smallest absolute Gasteiger partial charge is 0.338 e. The first kappa shape index (κ1) is 15.4. The standard InChI is InChI=1S/C14H27NO3/c1-4-11-5-7-12(8-6-11)9-15-10-14(2,17)13(16)18-3/h11-12,15,17H,4-10H2,1-3H3. The Kier molecular flexibility index (Phi) is 6.09. The second-order valence-electron chi connectivity index (χ2n) is 5.69. The Morgan fingerprint density at radius 1 is 1.33 bits per heavy atom. The molecule has 18 heavy (non-hydrogen) atoms. The Hall–Kier alpha value is -0.610. The second kappa shape index (κ2) is 7.10. The molecule has 0 aromatic heterocycles. The molecular formula is C14H27NO3. The van der Waals surface area contributed by atoms with Gasteiger partial charge in [0.25, 0.3) is 0 Å². The van der Waals surface area contributed by atoms with Crippen LogP contribution in [0.3, 0.4) is 0 Å². The van der Waals surface area contributed by atoms with E-state index < -0.39 is 11.6 Å². The average Bonchev–Trinajstić information content (AvgIpc) is 2.38. The van der Waals surface area contributed by atoms with E-state index in [4.69, 9.17) is 0 Å². The Morgan fingerprint density at radius 2 is 1.89 bits per heavy atom. The number of carbonyl (C=O) groups excluding carboxylic acids is 1. The summed E-state index contributed by atoms with van der Waals surface area (Å²) < 4.78 is 4.56. The van der Waals surface area contributed by atoms with Crippen LogP contribution in [-0.2, 0) is 9.53 Å². The van der Waals surface area contributed by atoms with Crippen molar-refractivity contribution in [3.05, 3.63) is 0 Å². The molecule has 0 amide bonds. The zero-order chi connectivity index (χ0) is 13.6. The van der Waals surface area contributed by atoms with E-state index in [2.05, 4.69) is 17.0 Å². The van der Waals surface area contributed by atoms with Crippen molar-refractivity contribution in [3.63, 3.8) is 0 Å². The van der Waals surface area contributed by atoms with Gasteiger partial charge in [-0.25, -0.2) is 4.79 Å². The fraction of sp³-hybridized carbons (Fsp3) is 0.929. The molecule has 1 rings (SSSR count). The number of nitrogens with one attached hydrogen (secondary N) is 1. The Bertz CT molecular complexity index is 258. The molecule has 0 aromatic carbocycles. The van der Waals surface area contributed by atoms with E-state index in [1.165, 1.54) is 46.1 Å². The summed E-state index contributed by atoms with van der Waals surface area (Å²) in [5.74, 6) is 1.00. The molecule has 4 heteroatoms. The van der Waals surface area contributed by atoms with Gasteiger partial charge in [-0.1, -0.05) is 26.2 Å². The monoisotopic (exact) mass is 257 g/mol. The first-order valence-electron chi connectivity index (χ1n) is 7.01. The van der Waals surface area contributed by atoms with Crippen LogP contribution in [0.4, 0.5) is 0 Å². The summed E-state index contributed by atoms with van der Waals surface area (Å²) in [5, 5.41) is 13.0. The summed E-state index contributed by atoms with van der Waals surface area (Å²) in [6.45, 7) is 4.88. The van der Waals surface area contributed by atoms with E-state index in [1.54, 1.807) is 0 Å². The van der Waals surface area contributed by atoms with Gasteiger partial charge in [0.05, 0.1) is 7.11 Å². The van der Waals surface area contributed by atoms with E-state index in [-0.39, 0.29) is 6.54 Å². The zero-order valence-corrected chi connectivity index (χ0v) is 11.9. The maximum absolute atomic E-state index is 11.3. The molecule has 1 atom stereocenters. The average molecular weight is 257 g/mol. The number of methoxy groups -OCH3 is 1. The highest BCUT2D eigenvalue weighted by atomic mass is 16.5. The largest absolute Gasteiger partial charge is 0.467 e. The number of rotatable bonds is 6. The molecule has 0 aliphatic heterocycles. The van der Waals surface area contributed by atoms with Gasteiger partial charge in [0.15, 0.2) is 5.60 Å². The molecule has 0 spiro atoms. The molecule has 1 aliphatic rings. The maximum atomic E-state index is 11.3. The van der Waals surface area contributed by atoms with Crippen molar-refractivity contribution in [2.24, 2.45) is 11.8 Å². The first-order chi connectivity index (χ1) is 8.49. The Balaban J connectivity index is 2.20. The second-order valence-corrected chi connectivity index (χ2v) is 5.69. The fourth-order valence-electron chi connectivity index (χ4n) is 2.66. The molecule has 1 unspecified atom stereocenters. The molecule has 2 N–H and O–H groups in total. The van der Waals surface area contributed by atoms with E-state index >= 15 is 0 Å². The summed E-state index contributed by atoms with van der Waals surface area (Å²) in [4.78, 5) is 11.3. The quantitative estimate of drug-likeness (QED) is 0.711. The van der Waals surface area contributed by atoms with Gasteiger partial charge < -0.3 is 15.2 Å². The van der Waals surface area contributed by atoms with E-state index in [0.29, 0.717) is 5.92 Å². The minimum absolute atomic E-state index is 0.257. The minimum atomic E-state index is -1.42. The van der Waals surface area contributed by atoms with Crippen molar-refractivity contribution in [2.75, 3.05) is 20.2 Å². The third kappa shape index (κ3) is 4.58. The number of ether oxygens (including phenoxy) is 1. The van der Waals surface area contributed by atoms with Crippen LogP contribution >= 0.6 is 0 Å². The normalized spacial score (nSPS) is 27.6. The molecule has 0 heterocycles. The highest BCUT2D eigenvalue weighted by Crippen LogP contribution is 2.30. The lowest BCUT2D eigenvalue weighted by molar-refractivity contribution is -0.159. The molecule has 0 radical (unpaired) electrons. The molecule has 0 bridgehead atoms. The molecule has 1 aliphatic carbocycles. The summed E-state index contributed by atoms with van der Waals surface area (Å²) in [7, 11) is 1.29. The Labute approximate surface area is 110 Å². The van der Waals surface area contributed by atoms with Crippen molar-refractivity contribution in [3.8, 4) is 0 Å². The summed E-state index contributed by atoms with van der Waals surface area (Å²) in [6.07, 6.45) is 6.43. The van der Waals surface area contributed by atoms with Gasteiger partial charge in [0.1, 0.15) is 0 Å². The van der Waals surface area contributed by atoms with E-state index in [1.807, 2.05) is 0 Å². The van der Waals surface area contributed by atoms with Gasteiger partial charge in [-0.3, -0.25) is 0 Å². The molecule has 0 aromatic rings. The molecule has 1 saturated carbocycles. The first-order valence-corrected chi connectivity index (χ1v) is 7.01. The maximum Gasteiger partial charge on any atom is 0.338 e. The van der Waals surface area contributed by atoms with Gasteiger partial charge >= 0.3 is 5.97 Å². The van der Waals surface area contributed by atoms with Gasteiger partial charge in [-0.2, -0.15) is 0 Å². The van der Waals surface area contributed by atoms with Gasteiger partial charge in [-0.15, -0.1) is 0 Å². The van der Waals surface area contributed by atoms with Crippen molar-refractivity contribution in [1.29, 1.82) is 0 Å². The van der Waals surface area contributed by atoms with Crippen molar-refractivity contribution < 1.29 is 14.6 Å². The lowest BCUT2D eigenvalue weighted by atomic mass is 9.81. The number of esters is 1. The predicted octanol–water partition coefficient (Wildman–Crippen LogP) is 1.72. The lowest BCUT2D eigenvalue weighted by Gasteiger charge is -2.29. The summed E-state index contributed by atoms with van der Waals surface area (Å²) in [5.41, 5.74) is -1.42. The van der Waals surface area contributed by atoms with Crippen LogP contribution in [0.1, 0.15) is 46.0 Å².